The van der Waals surface area contributed by atoms with Gasteiger partial charge in [-0.15, -0.1) is 0 Å². The van der Waals surface area contributed by atoms with Crippen LogP contribution in [-0.4, -0.2) is 38.2 Å². The zero-order valence-corrected chi connectivity index (χ0v) is 9.66. The van der Waals surface area contributed by atoms with Crippen molar-refractivity contribution in [1.29, 1.82) is 0 Å². The van der Waals surface area contributed by atoms with E-state index < -0.39 is 24.2 Å². The van der Waals surface area contributed by atoms with Crippen molar-refractivity contribution in [2.24, 2.45) is 0 Å². The Hall–Kier alpha value is -2.45. The van der Waals surface area contributed by atoms with E-state index in [0.29, 0.717) is 0 Å². The molecule has 1 aliphatic rings. The lowest BCUT2D eigenvalue weighted by Gasteiger charge is -2.07. The Morgan fingerprint density at radius 2 is 2.21 bits per heavy atom. The number of ether oxygens (including phenoxy) is 4. The molecule has 104 valence electrons. The summed E-state index contributed by atoms with van der Waals surface area (Å²) >= 11 is 0. The van der Waals surface area contributed by atoms with Gasteiger partial charge < -0.3 is 27.8 Å². The van der Waals surface area contributed by atoms with E-state index in [1.807, 2.05) is 0 Å². The zero-order valence-electron chi connectivity index (χ0n) is 9.66. The molecule has 1 unspecified atom stereocenters. The van der Waals surface area contributed by atoms with E-state index >= 15 is 0 Å². The van der Waals surface area contributed by atoms with Crippen molar-refractivity contribution in [2.75, 3.05) is 19.8 Å². The molecule has 0 aliphatic carbocycles. The van der Waals surface area contributed by atoms with E-state index in [-0.39, 0.29) is 32.0 Å². The molecule has 1 atom stereocenters. The lowest BCUT2D eigenvalue weighted by molar-refractivity contribution is 0.0246. The van der Waals surface area contributed by atoms with Crippen molar-refractivity contribution in [3.63, 3.8) is 0 Å². The fourth-order valence-corrected chi connectivity index (χ4v) is 1.26. The van der Waals surface area contributed by atoms with Gasteiger partial charge in [-0.2, -0.15) is 0 Å². The van der Waals surface area contributed by atoms with Crippen LogP contribution in [0.3, 0.4) is 0 Å². The summed E-state index contributed by atoms with van der Waals surface area (Å²) in [6, 6.07) is 0. The smallest absolute Gasteiger partial charge is 0.434 e. The van der Waals surface area contributed by atoms with Crippen LogP contribution in [0.2, 0.25) is 0 Å². The first-order valence-electron chi connectivity index (χ1n) is 5.34. The molecule has 1 fully saturated rings. The van der Waals surface area contributed by atoms with Crippen molar-refractivity contribution in [1.82, 2.24) is 0 Å². The van der Waals surface area contributed by atoms with Gasteiger partial charge in [0, 0.05) is 6.42 Å². The van der Waals surface area contributed by atoms with E-state index in [2.05, 4.69) is 23.0 Å². The number of cyclic esters (lactones) is 2. The summed E-state index contributed by atoms with van der Waals surface area (Å²) in [4.78, 5) is 32.2. The largest absolute Gasteiger partial charge is 0.518 e. The molecule has 0 spiro atoms. The van der Waals surface area contributed by atoms with Crippen LogP contribution in [0, 0.1) is 0 Å². The maximum absolute atomic E-state index is 11.1. The van der Waals surface area contributed by atoms with Gasteiger partial charge in [-0.1, -0.05) is 0 Å². The average molecular weight is 274 g/mol. The molecule has 19 heavy (non-hydrogen) atoms. The van der Waals surface area contributed by atoms with Crippen LogP contribution < -0.4 is 5.82 Å². The molecule has 0 radical (unpaired) electrons. The number of hydrogen-bond acceptors (Lipinski definition) is 9. The van der Waals surface area contributed by atoms with E-state index in [4.69, 9.17) is 4.74 Å². The summed E-state index contributed by atoms with van der Waals surface area (Å²) in [5.41, 5.74) is 0. The predicted molar refractivity (Wildman–Crippen MR) is 54.5 cm³/mol. The molecule has 0 N–H and O–H groups in total. The molecule has 0 amide bonds. The second-order valence-electron chi connectivity index (χ2n) is 3.51. The average Bonchev–Trinajstić information content (AvgIpc) is 2.96. The highest BCUT2D eigenvalue weighted by atomic mass is 16.8. The Morgan fingerprint density at radius 3 is 2.84 bits per heavy atom. The summed E-state index contributed by atoms with van der Waals surface area (Å²) in [6.45, 7) is -0.153. The molecule has 0 aromatic carbocycles. The van der Waals surface area contributed by atoms with Crippen molar-refractivity contribution < 1.29 is 37.4 Å². The Kier molecular flexibility index (Phi) is 4.06. The van der Waals surface area contributed by atoms with Crippen LogP contribution in [0.25, 0.3) is 0 Å². The van der Waals surface area contributed by atoms with Crippen LogP contribution in [0.5, 0.6) is 0 Å². The Labute approximate surface area is 106 Å². The first kappa shape index (κ1) is 13.0. The lowest BCUT2D eigenvalue weighted by atomic mass is 10.4. The summed E-state index contributed by atoms with van der Waals surface area (Å²) in [7, 11) is 0. The highest BCUT2D eigenvalue weighted by molar-refractivity contribution is 5.62. The molecular weight excluding hydrogens is 264 g/mol. The quantitative estimate of drug-likeness (QED) is 0.706. The third kappa shape index (κ3) is 4.05. The summed E-state index contributed by atoms with van der Waals surface area (Å²) in [6.07, 6.45) is -1.02. The zero-order chi connectivity index (χ0) is 13.7. The van der Waals surface area contributed by atoms with E-state index in [1.54, 1.807) is 0 Å². The lowest BCUT2D eigenvalue weighted by Crippen LogP contribution is -2.21. The molecule has 2 heterocycles. The van der Waals surface area contributed by atoms with Crippen molar-refractivity contribution >= 4 is 12.3 Å². The number of carbonyl (C=O) groups excluding carboxylic acids is 2. The second-order valence-corrected chi connectivity index (χ2v) is 3.51. The van der Waals surface area contributed by atoms with Gasteiger partial charge in [0.2, 0.25) is 0 Å². The van der Waals surface area contributed by atoms with Gasteiger partial charge in [-0.05, 0) is 0 Å². The summed E-state index contributed by atoms with van der Waals surface area (Å²) in [5, 5.41) is 0. The van der Waals surface area contributed by atoms with Crippen LogP contribution in [0.15, 0.2) is 19.9 Å². The minimum absolute atomic E-state index is 0.0340. The standard InChI is InChI=1S/C10H10O9/c11-8(15-4-7-5-17-10(13)19-7)14-2-1-6-3-16-9(12)18-6/h3,7H,1-2,4-5H2. The Balaban J connectivity index is 1.59. The summed E-state index contributed by atoms with van der Waals surface area (Å²) < 4.78 is 27.5. The molecule has 2 rings (SSSR count). The fraction of sp³-hybridized carbons (Fsp3) is 0.500. The Morgan fingerprint density at radius 1 is 1.37 bits per heavy atom. The first-order valence-corrected chi connectivity index (χ1v) is 5.34. The monoisotopic (exact) mass is 274 g/mol. The molecule has 9 nitrogen and oxygen atoms in total. The minimum atomic E-state index is -0.922. The van der Waals surface area contributed by atoms with Gasteiger partial charge in [-0.25, -0.2) is 14.4 Å². The van der Waals surface area contributed by atoms with E-state index in [1.165, 1.54) is 0 Å². The molecule has 1 aliphatic heterocycles. The molecule has 9 heteroatoms. The molecule has 0 bridgehead atoms. The van der Waals surface area contributed by atoms with Gasteiger partial charge in [0.05, 0.1) is 0 Å². The van der Waals surface area contributed by atoms with Crippen LogP contribution in [-0.2, 0) is 25.4 Å². The topological polar surface area (TPSA) is 114 Å². The normalized spacial score (nSPS) is 17.7. The van der Waals surface area contributed by atoms with Gasteiger partial charge in [0.1, 0.15) is 31.8 Å². The van der Waals surface area contributed by atoms with Gasteiger partial charge in [0.25, 0.3) is 0 Å². The molecule has 0 saturated carbocycles. The molecule has 1 aromatic rings. The maximum Gasteiger partial charge on any atom is 0.518 e. The van der Waals surface area contributed by atoms with E-state index in [9.17, 15) is 14.4 Å². The van der Waals surface area contributed by atoms with Crippen molar-refractivity contribution in [3.05, 3.63) is 22.6 Å². The van der Waals surface area contributed by atoms with Gasteiger partial charge >= 0.3 is 18.1 Å². The van der Waals surface area contributed by atoms with Gasteiger partial charge in [-0.3, -0.25) is 0 Å². The third-order valence-corrected chi connectivity index (χ3v) is 2.11. The first-order chi connectivity index (χ1) is 9.13. The van der Waals surface area contributed by atoms with Gasteiger partial charge in [0.15, 0.2) is 6.10 Å². The third-order valence-electron chi connectivity index (χ3n) is 2.11. The van der Waals surface area contributed by atoms with Crippen molar-refractivity contribution in [3.8, 4) is 0 Å². The van der Waals surface area contributed by atoms with Crippen LogP contribution >= 0.6 is 0 Å². The highest BCUT2D eigenvalue weighted by Crippen LogP contribution is 2.06. The molecule has 1 saturated heterocycles. The fourth-order valence-electron chi connectivity index (χ4n) is 1.26. The maximum atomic E-state index is 11.1. The molecular formula is C10H10O9. The van der Waals surface area contributed by atoms with Crippen molar-refractivity contribution in [2.45, 2.75) is 12.5 Å². The highest BCUT2D eigenvalue weighted by Gasteiger charge is 2.26. The second kappa shape index (κ2) is 5.94. The number of hydrogen-bond donors (Lipinski definition) is 0. The number of carbonyl (C=O) groups is 2. The molecule has 1 aromatic heterocycles. The number of rotatable bonds is 5. The Bertz CT molecular complexity index is 499. The van der Waals surface area contributed by atoms with Crippen LogP contribution in [0.1, 0.15) is 5.76 Å². The SMILES string of the molecule is O=C(OCCc1coc(=O)o1)OCC1COC(=O)O1. The minimum Gasteiger partial charge on any atom is -0.434 e. The predicted octanol–water partition coefficient (Wildman–Crippen LogP) is 0.464. The summed E-state index contributed by atoms with van der Waals surface area (Å²) in [5.74, 6) is -0.559. The van der Waals surface area contributed by atoms with E-state index in [0.717, 1.165) is 6.26 Å². The van der Waals surface area contributed by atoms with Crippen LogP contribution in [0.4, 0.5) is 9.59 Å².